The molecule has 2 fully saturated rings. The maximum atomic E-state index is 14.0. The molecule has 1 heterocycles. The molecule has 45 heavy (non-hydrogen) atoms. The van der Waals surface area contributed by atoms with Crippen LogP contribution in [0.3, 0.4) is 0 Å². The van der Waals surface area contributed by atoms with Crippen LogP contribution in [0.2, 0.25) is 0 Å². The van der Waals surface area contributed by atoms with Crippen molar-refractivity contribution in [3.63, 3.8) is 0 Å². The van der Waals surface area contributed by atoms with E-state index in [4.69, 9.17) is 9.47 Å². The molecule has 2 aliphatic rings. The Bertz CT molecular complexity index is 1250. The Morgan fingerprint density at radius 3 is 2.22 bits per heavy atom. The largest absolute Gasteiger partial charge is 0.460 e. The molecule has 1 aromatic carbocycles. The molecule has 1 aliphatic carbocycles. The van der Waals surface area contributed by atoms with E-state index >= 15 is 0 Å². The fourth-order valence-corrected chi connectivity index (χ4v) is 5.87. The quantitative estimate of drug-likeness (QED) is 0.235. The number of ketones is 1. The molecule has 2 bridgehead atoms. The van der Waals surface area contributed by atoms with Gasteiger partial charge in [-0.2, -0.15) is 0 Å². The zero-order valence-electron chi connectivity index (χ0n) is 27.4. The summed E-state index contributed by atoms with van der Waals surface area (Å²) in [4.78, 5) is 80.0. The third-order valence-electron chi connectivity index (χ3n) is 7.95. The van der Waals surface area contributed by atoms with Crippen molar-refractivity contribution in [3.8, 4) is 0 Å². The molecule has 1 aromatic rings. The summed E-state index contributed by atoms with van der Waals surface area (Å²) in [5, 5.41) is 7.73. The first-order valence-corrected chi connectivity index (χ1v) is 15.7. The molecular weight excluding hydrogens is 580 g/mol. The molecule has 248 valence electrons. The van der Waals surface area contributed by atoms with E-state index in [2.05, 4.69) is 16.0 Å². The Morgan fingerprint density at radius 1 is 0.956 bits per heavy atom. The maximum Gasteiger partial charge on any atom is 0.408 e. The van der Waals surface area contributed by atoms with Gasteiger partial charge >= 0.3 is 12.1 Å². The van der Waals surface area contributed by atoms with Crippen molar-refractivity contribution in [3.05, 3.63) is 35.9 Å². The van der Waals surface area contributed by atoms with Crippen LogP contribution in [0, 0.1) is 11.3 Å². The van der Waals surface area contributed by atoms with Crippen molar-refractivity contribution >= 4 is 35.6 Å². The molecule has 0 radical (unpaired) electrons. The summed E-state index contributed by atoms with van der Waals surface area (Å²) in [7, 11) is 0. The lowest BCUT2D eigenvalue weighted by molar-refractivity contribution is -0.148. The average Bonchev–Trinajstić information content (AvgIpc) is 3.58. The van der Waals surface area contributed by atoms with Crippen LogP contribution >= 0.6 is 0 Å². The molecule has 12 nitrogen and oxygen atoms in total. The first-order valence-electron chi connectivity index (χ1n) is 15.7. The fourth-order valence-electron chi connectivity index (χ4n) is 5.87. The Morgan fingerprint density at radius 2 is 1.62 bits per heavy atom. The summed E-state index contributed by atoms with van der Waals surface area (Å²) >= 11 is 0. The summed E-state index contributed by atoms with van der Waals surface area (Å²) in [6.45, 7) is 12.0. The summed E-state index contributed by atoms with van der Waals surface area (Å²) in [5.41, 5.74) is -0.681. The number of ether oxygens (including phenoxy) is 2. The van der Waals surface area contributed by atoms with Gasteiger partial charge in [0, 0.05) is 6.04 Å². The number of hydrogen-bond donors (Lipinski definition) is 3. The molecule has 4 amide bonds. The van der Waals surface area contributed by atoms with E-state index in [0.29, 0.717) is 12.8 Å². The third kappa shape index (κ3) is 9.76. The number of amides is 4. The highest BCUT2D eigenvalue weighted by Crippen LogP contribution is 2.43. The zero-order valence-corrected chi connectivity index (χ0v) is 27.4. The predicted molar refractivity (Wildman–Crippen MR) is 165 cm³/mol. The second-order valence-electron chi connectivity index (χ2n) is 13.9. The first-order chi connectivity index (χ1) is 21.0. The first kappa shape index (κ1) is 35.5. The van der Waals surface area contributed by atoms with Gasteiger partial charge in [-0.25, -0.2) is 4.79 Å². The number of nitrogens with zero attached hydrogens (tertiary/aromatic N) is 1. The van der Waals surface area contributed by atoms with Gasteiger partial charge in [0.15, 0.2) is 0 Å². The highest BCUT2D eigenvalue weighted by atomic mass is 16.6. The number of nitrogens with one attached hydrogen (secondary N) is 3. The Hall–Kier alpha value is -3.96. The number of rotatable bonds is 12. The number of carbonyl (C=O) groups excluding carboxylic acids is 6. The van der Waals surface area contributed by atoms with Gasteiger partial charge in [-0.1, -0.05) is 64.4 Å². The van der Waals surface area contributed by atoms with Gasteiger partial charge in [0.25, 0.3) is 5.91 Å². The minimum atomic E-state index is -1.14. The monoisotopic (exact) mass is 628 g/mol. The number of benzene rings is 1. The second kappa shape index (κ2) is 14.9. The lowest BCUT2D eigenvalue weighted by atomic mass is 9.85. The van der Waals surface area contributed by atoms with Gasteiger partial charge in [-0.3, -0.25) is 24.0 Å². The van der Waals surface area contributed by atoms with Crippen molar-refractivity contribution in [2.45, 2.75) is 117 Å². The Labute approximate surface area is 265 Å². The molecule has 3 N–H and O–H groups in total. The van der Waals surface area contributed by atoms with Crippen LogP contribution in [-0.2, 0) is 40.1 Å². The highest BCUT2D eigenvalue weighted by molar-refractivity contribution is 6.38. The maximum absolute atomic E-state index is 14.0. The summed E-state index contributed by atoms with van der Waals surface area (Å²) in [5.74, 6) is -3.65. The number of piperidine rings is 1. The van der Waals surface area contributed by atoms with E-state index in [1.54, 1.807) is 37.8 Å². The fraction of sp³-hybridized carbons (Fsp3) is 0.636. The number of alkyl carbamates (subject to hydrolysis) is 1. The topological polar surface area (TPSA) is 160 Å². The van der Waals surface area contributed by atoms with Gasteiger partial charge in [0.2, 0.25) is 17.6 Å². The molecule has 5 atom stereocenters. The van der Waals surface area contributed by atoms with Gasteiger partial charge < -0.3 is 30.3 Å². The van der Waals surface area contributed by atoms with Gasteiger partial charge in [-0.15, -0.1) is 0 Å². The van der Waals surface area contributed by atoms with Crippen molar-refractivity contribution in [2.24, 2.45) is 11.3 Å². The minimum Gasteiger partial charge on any atom is -0.460 e. The molecule has 0 spiro atoms. The predicted octanol–water partition coefficient (Wildman–Crippen LogP) is 3.02. The molecule has 1 aliphatic heterocycles. The molecule has 3 rings (SSSR count). The standard InChI is InChI=1S/C33H48N4O8/c1-8-12-23(26(39)29(41)34-18-24(38)44-19-20-13-10-9-11-14-20)35-28(40)25-21-15-16-22(17-21)37(25)30(42)27(32(2,3)4)36-31(43)45-33(5,6)7/h9-11,13-14,21-23,25,27H,8,12,15-19H2,1-7H3,(H,34,41)(H,35,40)(H,36,43)/t21?,22?,23?,25?,27-/m0/s1. The molecule has 1 saturated carbocycles. The molecule has 0 aromatic heterocycles. The second-order valence-corrected chi connectivity index (χ2v) is 13.9. The van der Waals surface area contributed by atoms with Crippen LogP contribution in [0.15, 0.2) is 30.3 Å². The van der Waals surface area contributed by atoms with E-state index in [1.807, 2.05) is 45.9 Å². The van der Waals surface area contributed by atoms with E-state index in [1.165, 1.54) is 0 Å². The summed E-state index contributed by atoms with van der Waals surface area (Å²) < 4.78 is 10.5. The number of likely N-dealkylation sites (tertiary alicyclic amines) is 1. The molecule has 12 heteroatoms. The number of hydrogen-bond acceptors (Lipinski definition) is 8. The third-order valence-corrected chi connectivity index (χ3v) is 7.95. The lowest BCUT2D eigenvalue weighted by Crippen LogP contribution is -2.62. The van der Waals surface area contributed by atoms with Crippen molar-refractivity contribution in [1.29, 1.82) is 0 Å². The Kier molecular flexibility index (Phi) is 11.7. The van der Waals surface area contributed by atoms with E-state index < -0.39 is 71.3 Å². The van der Waals surface area contributed by atoms with E-state index in [9.17, 15) is 28.8 Å². The number of esters is 1. The van der Waals surface area contributed by atoms with Crippen LogP contribution in [0.4, 0.5) is 4.79 Å². The zero-order chi connectivity index (χ0) is 33.5. The number of Topliss-reactive ketones (excluding diaryl/α,β-unsaturated/α-hetero) is 1. The van der Waals surface area contributed by atoms with Crippen LogP contribution in [-0.4, -0.2) is 76.8 Å². The van der Waals surface area contributed by atoms with Crippen molar-refractivity contribution < 1.29 is 38.2 Å². The Balaban J connectivity index is 1.67. The molecule has 1 saturated heterocycles. The van der Waals surface area contributed by atoms with Gasteiger partial charge in [0.1, 0.15) is 30.8 Å². The van der Waals surface area contributed by atoms with Crippen LogP contribution in [0.25, 0.3) is 0 Å². The molecule has 4 unspecified atom stereocenters. The van der Waals surface area contributed by atoms with E-state index in [-0.39, 0.29) is 25.0 Å². The van der Waals surface area contributed by atoms with E-state index in [0.717, 1.165) is 18.4 Å². The summed E-state index contributed by atoms with van der Waals surface area (Å²) in [6, 6.07) is 5.88. The highest BCUT2D eigenvalue weighted by Gasteiger charge is 2.54. The van der Waals surface area contributed by atoms with Gasteiger partial charge in [-0.05, 0) is 63.4 Å². The lowest BCUT2D eigenvalue weighted by Gasteiger charge is -2.40. The van der Waals surface area contributed by atoms with Gasteiger partial charge in [0.05, 0.1) is 6.04 Å². The van der Waals surface area contributed by atoms with Crippen LogP contribution in [0.1, 0.15) is 86.1 Å². The average molecular weight is 629 g/mol. The summed E-state index contributed by atoms with van der Waals surface area (Å²) in [6.07, 6.45) is 2.05. The normalized spacial score (nSPS) is 20.5. The van der Waals surface area contributed by atoms with Crippen LogP contribution < -0.4 is 16.0 Å². The van der Waals surface area contributed by atoms with Crippen molar-refractivity contribution in [1.82, 2.24) is 20.9 Å². The smallest absolute Gasteiger partial charge is 0.408 e. The van der Waals surface area contributed by atoms with Crippen molar-refractivity contribution in [2.75, 3.05) is 6.54 Å². The number of carbonyl (C=O) groups is 6. The molecular formula is C33H48N4O8. The van der Waals surface area contributed by atoms with Crippen LogP contribution in [0.5, 0.6) is 0 Å². The minimum absolute atomic E-state index is 0.0279. The number of fused-ring (bicyclic) bond motifs is 2. The SMILES string of the molecule is CCCC(NC(=O)C1C2CCC(C2)N1C(=O)[C@H](NC(=O)OC(C)(C)C)C(C)(C)C)C(=O)C(=O)NCC(=O)OCc1ccccc1.